The molecule has 6 nitrogen and oxygen atoms in total. The van der Waals surface area contributed by atoms with Gasteiger partial charge in [-0.3, -0.25) is 9.59 Å². The molecule has 0 radical (unpaired) electrons. The van der Waals surface area contributed by atoms with Crippen molar-refractivity contribution in [2.45, 2.75) is 13.3 Å². The number of benzene rings is 2. The van der Waals surface area contributed by atoms with E-state index in [9.17, 15) is 9.59 Å². The molecule has 0 unspecified atom stereocenters. The van der Waals surface area contributed by atoms with Crippen LogP contribution in [0.2, 0.25) is 0 Å². The number of amides is 2. The topological polar surface area (TPSA) is 76.7 Å². The second kappa shape index (κ2) is 8.68. The molecule has 0 bridgehead atoms. The van der Waals surface area contributed by atoms with E-state index >= 15 is 0 Å². The summed E-state index contributed by atoms with van der Waals surface area (Å²) in [5, 5.41) is 5.75. The fraction of sp³-hybridized carbons (Fsp3) is 0.333. The number of nitrogens with one attached hydrogen (secondary N) is 2. The largest absolute Gasteiger partial charge is 0.492 e. The third-order valence-electron chi connectivity index (χ3n) is 4.48. The van der Waals surface area contributed by atoms with Crippen LogP contribution in [0.5, 0.6) is 5.75 Å². The molecule has 0 aromatic heterocycles. The summed E-state index contributed by atoms with van der Waals surface area (Å²) in [6.07, 6.45) is 0.572. The molecule has 1 heterocycles. The van der Waals surface area contributed by atoms with Gasteiger partial charge in [0.25, 0.3) is 5.91 Å². The number of rotatable bonds is 6. The number of methoxy groups -OCH3 is 1. The molecule has 1 aliphatic rings. The number of hydrogen-bond donors (Lipinski definition) is 2. The van der Waals surface area contributed by atoms with Gasteiger partial charge in [0.15, 0.2) is 0 Å². The van der Waals surface area contributed by atoms with Crippen molar-refractivity contribution in [3.05, 3.63) is 59.2 Å². The molecule has 0 fully saturated rings. The molecule has 2 aromatic rings. The number of carbonyl (C=O) groups excluding carboxylic acids is 2. The summed E-state index contributed by atoms with van der Waals surface area (Å²) in [6.45, 7) is 3.25. The predicted octanol–water partition coefficient (Wildman–Crippen LogP) is 2.56. The lowest BCUT2D eigenvalue weighted by Gasteiger charge is -2.25. The van der Waals surface area contributed by atoms with Crippen LogP contribution >= 0.6 is 0 Å². The lowest BCUT2D eigenvalue weighted by atomic mass is 9.95. The number of carbonyl (C=O) groups is 2. The van der Waals surface area contributed by atoms with Gasteiger partial charge in [0.05, 0.1) is 12.5 Å². The zero-order valence-electron chi connectivity index (χ0n) is 15.6. The van der Waals surface area contributed by atoms with Crippen molar-refractivity contribution < 1.29 is 19.1 Å². The molecule has 6 heteroatoms. The Bertz CT molecular complexity index is 835. The van der Waals surface area contributed by atoms with Crippen LogP contribution in [0.1, 0.15) is 21.5 Å². The maximum Gasteiger partial charge on any atom is 0.255 e. The number of fused-ring (bicyclic) bond motifs is 1. The third-order valence-corrected chi connectivity index (χ3v) is 4.48. The SMILES string of the molecule is COCCNC(=O)[C@@H]1COc2ccc(NC(=O)c3cccc(C)c3)cc2C1. The average molecular weight is 368 g/mol. The Kier molecular flexibility index (Phi) is 6.08. The Labute approximate surface area is 158 Å². The summed E-state index contributed by atoms with van der Waals surface area (Å²) in [4.78, 5) is 24.7. The number of aryl methyl sites for hydroxylation is 1. The van der Waals surface area contributed by atoms with E-state index < -0.39 is 0 Å². The zero-order chi connectivity index (χ0) is 19.2. The standard InChI is InChI=1S/C21H24N2O4/c1-14-4-3-5-15(10-14)21(25)23-18-6-7-19-16(12-18)11-17(13-27-19)20(24)22-8-9-26-2/h3-7,10,12,17H,8-9,11,13H2,1-2H3,(H,22,24)(H,23,25)/t17-/m0/s1. The summed E-state index contributed by atoms with van der Waals surface area (Å²) in [5.74, 6) is 0.290. The minimum atomic E-state index is -0.253. The van der Waals surface area contributed by atoms with Gasteiger partial charge in [-0.15, -0.1) is 0 Å². The highest BCUT2D eigenvalue weighted by molar-refractivity contribution is 6.04. The summed E-state index contributed by atoms with van der Waals surface area (Å²) in [7, 11) is 1.60. The Balaban J connectivity index is 1.66. The molecule has 2 amide bonds. The van der Waals surface area contributed by atoms with Crippen molar-refractivity contribution in [3.8, 4) is 5.75 Å². The molecular weight excluding hydrogens is 344 g/mol. The summed E-state index contributed by atoms with van der Waals surface area (Å²) < 4.78 is 10.7. The van der Waals surface area contributed by atoms with E-state index in [1.807, 2.05) is 43.3 Å². The first-order valence-electron chi connectivity index (χ1n) is 8.97. The van der Waals surface area contributed by atoms with E-state index in [0.717, 1.165) is 16.9 Å². The highest BCUT2D eigenvalue weighted by atomic mass is 16.5. The quantitative estimate of drug-likeness (QED) is 0.769. The Morgan fingerprint density at radius 1 is 1.22 bits per heavy atom. The van der Waals surface area contributed by atoms with Crippen LogP contribution in [-0.4, -0.2) is 38.7 Å². The minimum Gasteiger partial charge on any atom is -0.492 e. The second-order valence-corrected chi connectivity index (χ2v) is 6.64. The van der Waals surface area contributed by atoms with Crippen LogP contribution in [0.4, 0.5) is 5.69 Å². The zero-order valence-corrected chi connectivity index (χ0v) is 15.6. The lowest BCUT2D eigenvalue weighted by Crippen LogP contribution is -2.38. The molecule has 2 N–H and O–H groups in total. The number of hydrogen-bond acceptors (Lipinski definition) is 4. The van der Waals surface area contributed by atoms with Crippen LogP contribution in [0, 0.1) is 12.8 Å². The molecule has 27 heavy (non-hydrogen) atoms. The minimum absolute atomic E-state index is 0.0492. The van der Waals surface area contributed by atoms with Crippen molar-refractivity contribution in [1.29, 1.82) is 0 Å². The smallest absolute Gasteiger partial charge is 0.255 e. The van der Waals surface area contributed by atoms with Gasteiger partial charge >= 0.3 is 0 Å². The van der Waals surface area contributed by atoms with Gasteiger partial charge in [-0.05, 0) is 49.2 Å². The van der Waals surface area contributed by atoms with Gasteiger partial charge in [-0.2, -0.15) is 0 Å². The van der Waals surface area contributed by atoms with Gasteiger partial charge in [0, 0.05) is 24.9 Å². The monoisotopic (exact) mass is 368 g/mol. The first kappa shape index (κ1) is 18.9. The number of anilines is 1. The Morgan fingerprint density at radius 2 is 2.07 bits per heavy atom. The van der Waals surface area contributed by atoms with Gasteiger partial charge in [-0.1, -0.05) is 17.7 Å². The van der Waals surface area contributed by atoms with Crippen molar-refractivity contribution in [2.24, 2.45) is 5.92 Å². The molecule has 1 atom stereocenters. The highest BCUT2D eigenvalue weighted by Gasteiger charge is 2.26. The van der Waals surface area contributed by atoms with Crippen molar-refractivity contribution >= 4 is 17.5 Å². The van der Waals surface area contributed by atoms with Crippen LogP contribution < -0.4 is 15.4 Å². The average Bonchev–Trinajstić information content (AvgIpc) is 2.67. The highest BCUT2D eigenvalue weighted by Crippen LogP contribution is 2.30. The van der Waals surface area contributed by atoms with E-state index in [2.05, 4.69) is 10.6 Å². The van der Waals surface area contributed by atoms with Crippen molar-refractivity contribution in [2.75, 3.05) is 32.2 Å². The number of ether oxygens (including phenoxy) is 2. The van der Waals surface area contributed by atoms with Crippen LogP contribution in [0.3, 0.4) is 0 Å². The summed E-state index contributed by atoms with van der Waals surface area (Å²) in [5.41, 5.74) is 3.24. The van der Waals surface area contributed by atoms with E-state index in [1.165, 1.54) is 0 Å². The molecule has 0 saturated heterocycles. The van der Waals surface area contributed by atoms with Gasteiger partial charge in [0.1, 0.15) is 12.4 Å². The molecule has 0 saturated carbocycles. The van der Waals surface area contributed by atoms with Gasteiger partial charge < -0.3 is 20.1 Å². The first-order chi connectivity index (χ1) is 13.1. The molecule has 0 spiro atoms. The maximum atomic E-state index is 12.4. The van der Waals surface area contributed by atoms with Crippen molar-refractivity contribution in [3.63, 3.8) is 0 Å². The second-order valence-electron chi connectivity index (χ2n) is 6.64. The normalized spacial score (nSPS) is 15.4. The van der Waals surface area contributed by atoms with E-state index in [0.29, 0.717) is 37.4 Å². The molecule has 2 aromatic carbocycles. The maximum absolute atomic E-state index is 12.4. The van der Waals surface area contributed by atoms with Crippen LogP contribution in [0.25, 0.3) is 0 Å². The Morgan fingerprint density at radius 3 is 2.85 bits per heavy atom. The lowest BCUT2D eigenvalue weighted by molar-refractivity contribution is -0.126. The predicted molar refractivity (Wildman–Crippen MR) is 103 cm³/mol. The Hall–Kier alpha value is -2.86. The van der Waals surface area contributed by atoms with E-state index in [1.54, 1.807) is 13.2 Å². The van der Waals surface area contributed by atoms with Crippen molar-refractivity contribution in [1.82, 2.24) is 5.32 Å². The fourth-order valence-electron chi connectivity index (χ4n) is 3.05. The molecule has 142 valence electrons. The van der Waals surface area contributed by atoms with Crippen LogP contribution in [0.15, 0.2) is 42.5 Å². The van der Waals surface area contributed by atoms with Gasteiger partial charge in [-0.25, -0.2) is 0 Å². The van der Waals surface area contributed by atoms with Gasteiger partial charge in [0.2, 0.25) is 5.91 Å². The molecule has 0 aliphatic carbocycles. The van der Waals surface area contributed by atoms with E-state index in [4.69, 9.17) is 9.47 Å². The summed E-state index contributed by atoms with van der Waals surface area (Å²) >= 11 is 0. The van der Waals surface area contributed by atoms with Crippen LogP contribution in [-0.2, 0) is 16.0 Å². The molecule has 1 aliphatic heterocycles. The summed E-state index contributed by atoms with van der Waals surface area (Å²) in [6, 6.07) is 13.0. The molecular formula is C21H24N2O4. The fourth-order valence-corrected chi connectivity index (χ4v) is 3.05. The van der Waals surface area contributed by atoms with E-state index in [-0.39, 0.29) is 17.7 Å². The molecule has 3 rings (SSSR count). The first-order valence-corrected chi connectivity index (χ1v) is 8.97. The third kappa shape index (κ3) is 4.86.